The van der Waals surface area contributed by atoms with Crippen LogP contribution < -0.4 is 5.32 Å². The number of methoxy groups -OCH3 is 1. The fraction of sp³-hybridized carbons (Fsp3) is 0.909. The Morgan fingerprint density at radius 1 is 1.47 bits per heavy atom. The van der Waals surface area contributed by atoms with E-state index in [4.69, 9.17) is 4.74 Å². The zero-order chi connectivity index (χ0) is 10.7. The van der Waals surface area contributed by atoms with E-state index >= 15 is 0 Å². The molecular weight excluding hydrogens is 192 g/mol. The summed E-state index contributed by atoms with van der Waals surface area (Å²) in [5, 5.41) is 3.26. The molecule has 1 atom stereocenters. The summed E-state index contributed by atoms with van der Waals surface area (Å²) >= 11 is 0. The largest absolute Gasteiger partial charge is 0.383 e. The molecule has 15 heavy (non-hydrogen) atoms. The molecule has 1 saturated heterocycles. The molecule has 86 valence electrons. The Kier molecular flexibility index (Phi) is 3.59. The second-order valence-corrected chi connectivity index (χ2v) is 4.40. The van der Waals surface area contributed by atoms with E-state index in [0.29, 0.717) is 12.6 Å². The second-order valence-electron chi connectivity index (χ2n) is 4.40. The van der Waals surface area contributed by atoms with E-state index in [1.165, 1.54) is 12.8 Å². The molecule has 1 heterocycles. The minimum Gasteiger partial charge on any atom is -0.383 e. The number of rotatable bonds is 5. The number of carbonyl (C=O) groups is 1. The molecule has 0 aromatic heterocycles. The first-order valence-electron chi connectivity index (χ1n) is 5.85. The average Bonchev–Trinajstić information content (AvgIpc) is 2.94. The molecule has 2 aliphatic rings. The number of hydrogen-bond donors (Lipinski definition) is 1. The summed E-state index contributed by atoms with van der Waals surface area (Å²) in [5.74, 6) is 0.284. The molecule has 0 spiro atoms. The van der Waals surface area contributed by atoms with E-state index in [-0.39, 0.29) is 11.9 Å². The second kappa shape index (κ2) is 4.94. The van der Waals surface area contributed by atoms with Gasteiger partial charge in [-0.3, -0.25) is 4.79 Å². The summed E-state index contributed by atoms with van der Waals surface area (Å²) < 4.78 is 5.05. The van der Waals surface area contributed by atoms with Gasteiger partial charge in [-0.25, -0.2) is 0 Å². The Morgan fingerprint density at radius 2 is 2.27 bits per heavy atom. The van der Waals surface area contributed by atoms with E-state index < -0.39 is 0 Å². The van der Waals surface area contributed by atoms with Crippen LogP contribution in [0.1, 0.15) is 25.7 Å². The van der Waals surface area contributed by atoms with Crippen LogP contribution in [0.5, 0.6) is 0 Å². The van der Waals surface area contributed by atoms with Gasteiger partial charge in [0.1, 0.15) is 0 Å². The standard InChI is InChI=1S/C11H20N2O2/c1-15-8-7-13(9-4-5-9)11(14)10-3-2-6-12-10/h9-10,12H,2-8H2,1H3/t10-/m1/s1. The zero-order valence-corrected chi connectivity index (χ0v) is 9.37. The number of ether oxygens (including phenoxy) is 1. The summed E-state index contributed by atoms with van der Waals surface area (Å²) in [7, 11) is 1.68. The van der Waals surface area contributed by atoms with Crippen molar-refractivity contribution in [1.29, 1.82) is 0 Å². The summed E-state index contributed by atoms with van der Waals surface area (Å²) in [6.45, 7) is 2.38. The lowest BCUT2D eigenvalue weighted by Gasteiger charge is -2.25. The van der Waals surface area contributed by atoms with Crippen molar-refractivity contribution in [1.82, 2.24) is 10.2 Å². The third-order valence-electron chi connectivity index (χ3n) is 3.17. The van der Waals surface area contributed by atoms with Crippen molar-refractivity contribution < 1.29 is 9.53 Å². The Morgan fingerprint density at radius 3 is 2.80 bits per heavy atom. The van der Waals surface area contributed by atoms with Gasteiger partial charge in [-0.15, -0.1) is 0 Å². The maximum absolute atomic E-state index is 12.1. The lowest BCUT2D eigenvalue weighted by molar-refractivity contribution is -0.134. The molecule has 1 aliphatic heterocycles. The first kappa shape index (κ1) is 10.9. The van der Waals surface area contributed by atoms with Crippen LogP contribution in [0.15, 0.2) is 0 Å². The Hall–Kier alpha value is -0.610. The van der Waals surface area contributed by atoms with E-state index in [0.717, 1.165) is 25.9 Å². The van der Waals surface area contributed by atoms with Gasteiger partial charge in [-0.1, -0.05) is 0 Å². The SMILES string of the molecule is COCCN(C(=O)[C@H]1CCCN1)C1CC1. The highest BCUT2D eigenvalue weighted by Crippen LogP contribution is 2.27. The maximum Gasteiger partial charge on any atom is 0.240 e. The molecule has 1 amide bonds. The summed E-state index contributed by atoms with van der Waals surface area (Å²) in [5.41, 5.74) is 0. The topological polar surface area (TPSA) is 41.6 Å². The predicted octanol–water partition coefficient (Wildman–Crippen LogP) is 0.376. The molecule has 4 heteroatoms. The van der Waals surface area contributed by atoms with Crippen LogP contribution in [0.25, 0.3) is 0 Å². The fourth-order valence-corrected chi connectivity index (χ4v) is 2.14. The Labute approximate surface area is 91.0 Å². The molecule has 0 radical (unpaired) electrons. The van der Waals surface area contributed by atoms with E-state index in [1.807, 2.05) is 4.90 Å². The van der Waals surface area contributed by atoms with Gasteiger partial charge in [0, 0.05) is 19.7 Å². The molecule has 1 aliphatic carbocycles. The van der Waals surface area contributed by atoms with Crippen molar-refractivity contribution in [2.75, 3.05) is 26.8 Å². The van der Waals surface area contributed by atoms with Crippen LogP contribution in [-0.4, -0.2) is 49.7 Å². The van der Waals surface area contributed by atoms with Crippen molar-refractivity contribution in [3.05, 3.63) is 0 Å². The Bertz CT molecular complexity index is 223. The summed E-state index contributed by atoms with van der Waals surface area (Å²) in [6.07, 6.45) is 4.46. The average molecular weight is 212 g/mol. The lowest BCUT2D eigenvalue weighted by Crippen LogP contribution is -2.46. The summed E-state index contributed by atoms with van der Waals surface area (Å²) in [4.78, 5) is 14.1. The highest BCUT2D eigenvalue weighted by atomic mass is 16.5. The first-order chi connectivity index (χ1) is 7.33. The van der Waals surface area contributed by atoms with Gasteiger partial charge < -0.3 is 15.0 Å². The molecule has 1 N–H and O–H groups in total. The summed E-state index contributed by atoms with van der Waals surface area (Å²) in [6, 6.07) is 0.567. The smallest absolute Gasteiger partial charge is 0.240 e. The van der Waals surface area contributed by atoms with Gasteiger partial charge in [0.2, 0.25) is 5.91 Å². The van der Waals surface area contributed by atoms with Gasteiger partial charge in [0.25, 0.3) is 0 Å². The number of carbonyl (C=O) groups excluding carboxylic acids is 1. The van der Waals surface area contributed by atoms with Crippen LogP contribution >= 0.6 is 0 Å². The van der Waals surface area contributed by atoms with Crippen LogP contribution in [-0.2, 0) is 9.53 Å². The first-order valence-corrected chi connectivity index (χ1v) is 5.85. The van der Waals surface area contributed by atoms with Crippen LogP contribution in [0, 0.1) is 0 Å². The Balaban J connectivity index is 1.87. The van der Waals surface area contributed by atoms with Gasteiger partial charge in [0.05, 0.1) is 12.6 Å². The maximum atomic E-state index is 12.1. The highest BCUT2D eigenvalue weighted by Gasteiger charge is 2.36. The number of hydrogen-bond acceptors (Lipinski definition) is 3. The number of nitrogens with zero attached hydrogens (tertiary/aromatic N) is 1. The quantitative estimate of drug-likeness (QED) is 0.716. The van der Waals surface area contributed by atoms with Gasteiger partial charge in [0.15, 0.2) is 0 Å². The molecule has 0 bridgehead atoms. The molecule has 2 rings (SSSR count). The lowest BCUT2D eigenvalue weighted by atomic mass is 10.2. The normalized spacial score (nSPS) is 25.5. The zero-order valence-electron chi connectivity index (χ0n) is 9.37. The van der Waals surface area contributed by atoms with Crippen molar-refractivity contribution in [3.63, 3.8) is 0 Å². The van der Waals surface area contributed by atoms with E-state index in [9.17, 15) is 4.79 Å². The molecule has 0 aromatic carbocycles. The van der Waals surface area contributed by atoms with Gasteiger partial charge >= 0.3 is 0 Å². The molecule has 1 saturated carbocycles. The predicted molar refractivity (Wildman–Crippen MR) is 57.6 cm³/mol. The van der Waals surface area contributed by atoms with Crippen molar-refractivity contribution in [2.45, 2.75) is 37.8 Å². The molecule has 4 nitrogen and oxygen atoms in total. The van der Waals surface area contributed by atoms with Crippen LogP contribution in [0.3, 0.4) is 0 Å². The third-order valence-corrected chi connectivity index (χ3v) is 3.17. The number of nitrogens with one attached hydrogen (secondary N) is 1. The van der Waals surface area contributed by atoms with E-state index in [1.54, 1.807) is 7.11 Å². The van der Waals surface area contributed by atoms with Crippen LogP contribution in [0.2, 0.25) is 0 Å². The molecule has 0 unspecified atom stereocenters. The van der Waals surface area contributed by atoms with Crippen molar-refractivity contribution in [2.24, 2.45) is 0 Å². The monoisotopic (exact) mass is 212 g/mol. The van der Waals surface area contributed by atoms with Crippen molar-refractivity contribution in [3.8, 4) is 0 Å². The molecule has 2 fully saturated rings. The fourth-order valence-electron chi connectivity index (χ4n) is 2.14. The molecule has 0 aromatic rings. The number of amides is 1. The van der Waals surface area contributed by atoms with Crippen molar-refractivity contribution >= 4 is 5.91 Å². The van der Waals surface area contributed by atoms with E-state index in [2.05, 4.69) is 5.32 Å². The third kappa shape index (κ3) is 2.69. The molecular formula is C11H20N2O2. The minimum atomic E-state index is 0.0717. The van der Waals surface area contributed by atoms with Gasteiger partial charge in [-0.2, -0.15) is 0 Å². The van der Waals surface area contributed by atoms with Gasteiger partial charge in [-0.05, 0) is 32.2 Å². The highest BCUT2D eigenvalue weighted by molar-refractivity contribution is 5.82. The minimum absolute atomic E-state index is 0.0717. The van der Waals surface area contributed by atoms with Crippen LogP contribution in [0.4, 0.5) is 0 Å².